The molecular weight excluding hydrogens is 238 g/mol. The van der Waals surface area contributed by atoms with E-state index in [9.17, 15) is 15.2 Å². The molecule has 0 radical (unpaired) electrons. The van der Waals surface area contributed by atoms with Crippen LogP contribution in [0.15, 0.2) is 0 Å². The average Bonchev–Trinajstić information content (AvgIpc) is 2.28. The second-order valence-corrected chi connectivity index (χ2v) is 6.15. The molecule has 1 N–H and O–H groups in total. The Morgan fingerprint density at radius 1 is 1.28 bits per heavy atom. The van der Waals surface area contributed by atoms with Crippen LogP contribution in [0.3, 0.4) is 0 Å². The monoisotopic (exact) mass is 259 g/mol. The highest BCUT2D eigenvalue weighted by atomic mass is 16.7. The number of nitrogens with zero attached hydrogens (tertiary/aromatic N) is 1. The predicted octanol–water partition coefficient (Wildman–Crippen LogP) is 1.19. The lowest BCUT2D eigenvalue weighted by Gasteiger charge is -2.40. The zero-order valence-electron chi connectivity index (χ0n) is 10.9. The SMILES string of the molecule is CC1(C)COC(C2CCC([N+](=O)[O-])C(O)C2)OC1. The standard InChI is InChI=1S/C12H21NO5/c1-12(2)6-17-11(18-7-12)8-3-4-9(13(15)16)10(14)5-8/h8-11,14H,3-7H2,1-2H3. The molecule has 2 rings (SSSR count). The van der Waals surface area contributed by atoms with E-state index in [1.807, 2.05) is 0 Å². The number of nitro groups is 1. The number of aliphatic hydroxyl groups excluding tert-OH is 1. The zero-order chi connectivity index (χ0) is 13.3. The Balaban J connectivity index is 1.87. The molecule has 0 bridgehead atoms. The topological polar surface area (TPSA) is 81.8 Å². The van der Waals surface area contributed by atoms with Crippen LogP contribution >= 0.6 is 0 Å². The Hall–Kier alpha value is -0.720. The Bertz CT molecular complexity index is 310. The van der Waals surface area contributed by atoms with E-state index in [0.717, 1.165) is 0 Å². The lowest BCUT2D eigenvalue weighted by Crippen LogP contribution is -2.47. The summed E-state index contributed by atoms with van der Waals surface area (Å²) in [7, 11) is 0. The van der Waals surface area contributed by atoms with Gasteiger partial charge < -0.3 is 14.6 Å². The third kappa shape index (κ3) is 2.99. The summed E-state index contributed by atoms with van der Waals surface area (Å²) in [6.07, 6.45) is 0.247. The van der Waals surface area contributed by atoms with Crippen molar-refractivity contribution in [2.24, 2.45) is 11.3 Å². The molecule has 0 aromatic rings. The van der Waals surface area contributed by atoms with Gasteiger partial charge in [-0.1, -0.05) is 13.8 Å². The van der Waals surface area contributed by atoms with Gasteiger partial charge in [0.2, 0.25) is 6.04 Å². The van der Waals surface area contributed by atoms with Gasteiger partial charge in [0.15, 0.2) is 6.29 Å². The van der Waals surface area contributed by atoms with Crippen LogP contribution in [-0.2, 0) is 9.47 Å². The fourth-order valence-electron chi connectivity index (χ4n) is 2.63. The van der Waals surface area contributed by atoms with E-state index in [1.165, 1.54) is 0 Å². The second kappa shape index (κ2) is 5.11. The minimum atomic E-state index is -0.888. The number of rotatable bonds is 2. The third-order valence-corrected chi connectivity index (χ3v) is 3.75. The Labute approximate surface area is 106 Å². The first kappa shape index (κ1) is 13.7. The van der Waals surface area contributed by atoms with Gasteiger partial charge in [-0.15, -0.1) is 0 Å². The fourth-order valence-corrected chi connectivity index (χ4v) is 2.63. The van der Waals surface area contributed by atoms with Gasteiger partial charge in [-0.3, -0.25) is 10.1 Å². The molecule has 0 spiro atoms. The summed E-state index contributed by atoms with van der Waals surface area (Å²) < 4.78 is 11.3. The number of ether oxygens (including phenoxy) is 2. The molecule has 2 fully saturated rings. The first-order valence-electron chi connectivity index (χ1n) is 6.44. The minimum absolute atomic E-state index is 0.0210. The van der Waals surface area contributed by atoms with Gasteiger partial charge in [0.1, 0.15) is 6.10 Å². The zero-order valence-corrected chi connectivity index (χ0v) is 10.9. The lowest BCUT2D eigenvalue weighted by molar-refractivity contribution is -0.539. The number of aliphatic hydroxyl groups is 1. The van der Waals surface area contributed by atoms with Crippen molar-refractivity contribution in [3.63, 3.8) is 0 Å². The molecule has 1 heterocycles. The van der Waals surface area contributed by atoms with Gasteiger partial charge in [-0.05, 0) is 12.8 Å². The summed E-state index contributed by atoms with van der Waals surface area (Å²) in [6, 6.07) is -0.832. The molecule has 1 saturated heterocycles. The molecule has 0 aromatic heterocycles. The van der Waals surface area contributed by atoms with Gasteiger partial charge >= 0.3 is 0 Å². The molecule has 3 atom stereocenters. The Kier molecular flexibility index (Phi) is 3.89. The van der Waals surface area contributed by atoms with Crippen molar-refractivity contribution in [1.29, 1.82) is 0 Å². The summed E-state index contributed by atoms with van der Waals surface area (Å²) >= 11 is 0. The predicted molar refractivity (Wildman–Crippen MR) is 63.6 cm³/mol. The van der Waals surface area contributed by atoms with E-state index < -0.39 is 12.1 Å². The summed E-state index contributed by atoms with van der Waals surface area (Å²) in [4.78, 5) is 10.3. The molecular formula is C12H21NO5. The van der Waals surface area contributed by atoms with Crippen LogP contribution < -0.4 is 0 Å². The van der Waals surface area contributed by atoms with Crippen molar-refractivity contribution in [3.05, 3.63) is 10.1 Å². The van der Waals surface area contributed by atoms with Crippen LogP contribution in [0, 0.1) is 21.4 Å². The quantitative estimate of drug-likeness (QED) is 0.595. The highest BCUT2D eigenvalue weighted by Crippen LogP contribution is 2.34. The van der Waals surface area contributed by atoms with Crippen LogP contribution in [-0.4, -0.2) is 41.7 Å². The summed E-state index contributed by atoms with van der Waals surface area (Å²) in [5.41, 5.74) is 0.0210. The van der Waals surface area contributed by atoms with Crippen LogP contribution in [0.1, 0.15) is 33.1 Å². The maximum atomic E-state index is 10.7. The number of hydrogen-bond acceptors (Lipinski definition) is 5. The van der Waals surface area contributed by atoms with Crippen molar-refractivity contribution in [2.45, 2.75) is 51.5 Å². The summed E-state index contributed by atoms with van der Waals surface area (Å²) in [5, 5.41) is 20.5. The highest BCUT2D eigenvalue weighted by Gasteiger charge is 2.42. The molecule has 2 aliphatic rings. The fraction of sp³-hybridized carbons (Fsp3) is 1.00. The van der Waals surface area contributed by atoms with E-state index >= 15 is 0 Å². The van der Waals surface area contributed by atoms with E-state index in [0.29, 0.717) is 32.5 Å². The maximum absolute atomic E-state index is 10.7. The molecule has 104 valence electrons. The van der Waals surface area contributed by atoms with Gasteiger partial charge in [-0.2, -0.15) is 0 Å². The van der Waals surface area contributed by atoms with Crippen molar-refractivity contribution in [1.82, 2.24) is 0 Å². The molecule has 1 aliphatic heterocycles. The van der Waals surface area contributed by atoms with Crippen LogP contribution in [0.5, 0.6) is 0 Å². The van der Waals surface area contributed by atoms with Crippen molar-refractivity contribution < 1.29 is 19.5 Å². The number of hydrogen-bond donors (Lipinski definition) is 1. The normalized spacial score (nSPS) is 37.4. The van der Waals surface area contributed by atoms with Crippen molar-refractivity contribution in [2.75, 3.05) is 13.2 Å². The highest BCUT2D eigenvalue weighted by molar-refractivity contribution is 4.83. The molecule has 18 heavy (non-hydrogen) atoms. The largest absolute Gasteiger partial charge is 0.386 e. The second-order valence-electron chi connectivity index (χ2n) is 6.15. The Morgan fingerprint density at radius 3 is 2.39 bits per heavy atom. The first-order valence-corrected chi connectivity index (χ1v) is 6.44. The summed E-state index contributed by atoms with van der Waals surface area (Å²) in [6.45, 7) is 5.40. The van der Waals surface area contributed by atoms with Crippen molar-refractivity contribution >= 4 is 0 Å². The minimum Gasteiger partial charge on any atom is -0.386 e. The summed E-state index contributed by atoms with van der Waals surface area (Å²) in [5.74, 6) is 0.0623. The lowest BCUT2D eigenvalue weighted by atomic mass is 9.83. The first-order chi connectivity index (χ1) is 8.39. The third-order valence-electron chi connectivity index (χ3n) is 3.75. The van der Waals surface area contributed by atoms with E-state index in [-0.39, 0.29) is 22.5 Å². The van der Waals surface area contributed by atoms with Crippen LogP contribution in [0.4, 0.5) is 0 Å². The van der Waals surface area contributed by atoms with E-state index in [2.05, 4.69) is 13.8 Å². The van der Waals surface area contributed by atoms with Gasteiger partial charge in [0.25, 0.3) is 0 Å². The molecule has 1 aliphatic carbocycles. The molecule has 0 amide bonds. The van der Waals surface area contributed by atoms with Gasteiger partial charge in [0.05, 0.1) is 13.2 Å². The van der Waals surface area contributed by atoms with Gasteiger partial charge in [-0.25, -0.2) is 0 Å². The average molecular weight is 259 g/mol. The Morgan fingerprint density at radius 2 is 1.89 bits per heavy atom. The molecule has 3 unspecified atom stereocenters. The van der Waals surface area contributed by atoms with Crippen LogP contribution in [0.2, 0.25) is 0 Å². The van der Waals surface area contributed by atoms with E-state index in [1.54, 1.807) is 0 Å². The van der Waals surface area contributed by atoms with E-state index in [4.69, 9.17) is 9.47 Å². The molecule has 0 aromatic carbocycles. The molecule has 1 saturated carbocycles. The smallest absolute Gasteiger partial charge is 0.238 e. The van der Waals surface area contributed by atoms with Crippen LogP contribution in [0.25, 0.3) is 0 Å². The maximum Gasteiger partial charge on any atom is 0.238 e. The molecule has 6 heteroatoms. The van der Waals surface area contributed by atoms with Crippen molar-refractivity contribution in [3.8, 4) is 0 Å². The molecule has 6 nitrogen and oxygen atoms in total. The van der Waals surface area contributed by atoms with Gasteiger partial charge in [0, 0.05) is 22.7 Å².